The largest absolute Gasteiger partial charge is 0.360 e. The maximum Gasteiger partial charge on any atom is 0.248 e. The summed E-state index contributed by atoms with van der Waals surface area (Å²) in [5.41, 5.74) is 0.156. The number of benzene rings is 1. The van der Waals surface area contributed by atoms with Gasteiger partial charge in [0.15, 0.2) is 23.1 Å². The van der Waals surface area contributed by atoms with Gasteiger partial charge in [-0.05, 0) is 55.5 Å². The fourth-order valence-corrected chi connectivity index (χ4v) is 4.70. The Morgan fingerprint density at radius 3 is 2.45 bits per heavy atom. The molecule has 0 spiro atoms. The Morgan fingerprint density at radius 1 is 1.13 bits per heavy atom. The number of nitrogens with zero attached hydrogens (tertiary/aromatic N) is 5. The molecule has 3 aliphatic rings. The van der Waals surface area contributed by atoms with Crippen LogP contribution in [0.15, 0.2) is 30.3 Å². The fourth-order valence-electron chi connectivity index (χ4n) is 4.70. The number of rotatable bonds is 5. The number of carbonyl (C=O) groups excluding carboxylic acids is 1. The molecule has 5 rings (SSSR count). The molecule has 160 valence electrons. The van der Waals surface area contributed by atoms with E-state index < -0.39 is 17.2 Å². The number of ether oxygens (including phenoxy) is 1. The topological polar surface area (TPSA) is 82.4 Å². The summed E-state index contributed by atoms with van der Waals surface area (Å²) in [6, 6.07) is 9.49. The van der Waals surface area contributed by atoms with Gasteiger partial charge in [-0.1, -0.05) is 6.07 Å². The molecule has 1 amide bonds. The zero-order chi connectivity index (χ0) is 21.6. The zero-order valence-electron chi connectivity index (χ0n) is 16.8. The summed E-state index contributed by atoms with van der Waals surface area (Å²) in [4.78, 5) is 16.9. The van der Waals surface area contributed by atoms with E-state index in [0.717, 1.165) is 30.8 Å². The number of carbonyl (C=O) groups is 1. The van der Waals surface area contributed by atoms with Gasteiger partial charge in [0.2, 0.25) is 5.91 Å². The van der Waals surface area contributed by atoms with Gasteiger partial charge in [-0.3, -0.25) is 4.79 Å². The van der Waals surface area contributed by atoms with E-state index >= 15 is 0 Å². The summed E-state index contributed by atoms with van der Waals surface area (Å²) < 4.78 is 32.8. The molecule has 0 radical (unpaired) electrons. The van der Waals surface area contributed by atoms with Crippen molar-refractivity contribution in [3.63, 3.8) is 0 Å². The standard InChI is InChI=1S/C22H21F2N5O2/c23-18-5-1-14(9-19(18)24)22(7-8-22)31-13-21(30)28-11-16-3-4-17(12-28)29(16)20-6-2-15(10-25)26-27-20/h1-2,5-6,9,16-17H,3-4,7-8,11-13H2. The molecule has 2 bridgehead atoms. The van der Waals surface area contributed by atoms with Gasteiger partial charge in [0.1, 0.15) is 12.7 Å². The van der Waals surface area contributed by atoms with E-state index in [-0.39, 0.29) is 30.3 Å². The molecular formula is C22H21F2N5O2. The van der Waals surface area contributed by atoms with E-state index in [1.54, 1.807) is 12.1 Å². The molecule has 0 N–H and O–H groups in total. The molecule has 2 unspecified atom stereocenters. The molecule has 1 aromatic carbocycles. The van der Waals surface area contributed by atoms with Gasteiger partial charge in [0.05, 0.1) is 5.60 Å². The minimum atomic E-state index is -0.905. The summed E-state index contributed by atoms with van der Waals surface area (Å²) in [5.74, 6) is -1.17. The van der Waals surface area contributed by atoms with E-state index in [1.807, 2.05) is 11.0 Å². The molecule has 2 aliphatic heterocycles. The maximum absolute atomic E-state index is 13.6. The lowest BCUT2D eigenvalue weighted by Gasteiger charge is -2.41. The highest BCUT2D eigenvalue weighted by molar-refractivity contribution is 5.78. The third-order valence-corrected chi connectivity index (χ3v) is 6.49. The molecule has 1 aromatic heterocycles. The lowest BCUT2D eigenvalue weighted by atomic mass is 10.1. The molecule has 2 aromatic rings. The molecule has 7 nitrogen and oxygen atoms in total. The van der Waals surface area contributed by atoms with Crippen molar-refractivity contribution in [2.75, 3.05) is 24.6 Å². The number of nitriles is 1. The van der Waals surface area contributed by atoms with Gasteiger partial charge in [-0.25, -0.2) is 8.78 Å². The van der Waals surface area contributed by atoms with Crippen molar-refractivity contribution in [3.05, 3.63) is 53.2 Å². The van der Waals surface area contributed by atoms with Crippen LogP contribution in [0.4, 0.5) is 14.6 Å². The summed E-state index contributed by atoms with van der Waals surface area (Å²) in [7, 11) is 0. The van der Waals surface area contributed by atoms with Gasteiger partial charge >= 0.3 is 0 Å². The number of hydrogen-bond acceptors (Lipinski definition) is 6. The highest BCUT2D eigenvalue weighted by Crippen LogP contribution is 2.49. The number of aromatic nitrogens is 2. The quantitative estimate of drug-likeness (QED) is 0.732. The van der Waals surface area contributed by atoms with Gasteiger partial charge in [-0.15, -0.1) is 10.2 Å². The minimum absolute atomic E-state index is 0.0882. The van der Waals surface area contributed by atoms with Crippen molar-refractivity contribution >= 4 is 11.7 Å². The summed E-state index contributed by atoms with van der Waals surface area (Å²) in [5, 5.41) is 17.0. The van der Waals surface area contributed by atoms with Crippen LogP contribution in [0.2, 0.25) is 0 Å². The van der Waals surface area contributed by atoms with Crippen molar-refractivity contribution in [1.82, 2.24) is 15.1 Å². The van der Waals surface area contributed by atoms with Gasteiger partial charge in [-0.2, -0.15) is 5.26 Å². The van der Waals surface area contributed by atoms with Crippen LogP contribution in [0.5, 0.6) is 0 Å². The maximum atomic E-state index is 13.6. The number of likely N-dealkylation sites (tertiary alicyclic amines) is 1. The van der Waals surface area contributed by atoms with E-state index in [9.17, 15) is 13.6 Å². The number of amides is 1. The van der Waals surface area contributed by atoms with Crippen molar-refractivity contribution in [3.8, 4) is 6.07 Å². The molecule has 2 saturated heterocycles. The van der Waals surface area contributed by atoms with Crippen molar-refractivity contribution in [2.45, 2.75) is 43.4 Å². The van der Waals surface area contributed by atoms with Crippen LogP contribution < -0.4 is 4.90 Å². The number of piperazine rings is 1. The van der Waals surface area contributed by atoms with Crippen molar-refractivity contribution in [2.24, 2.45) is 0 Å². The third kappa shape index (κ3) is 3.61. The van der Waals surface area contributed by atoms with Crippen molar-refractivity contribution in [1.29, 1.82) is 5.26 Å². The van der Waals surface area contributed by atoms with Crippen LogP contribution in [0.3, 0.4) is 0 Å². The fraction of sp³-hybridized carbons (Fsp3) is 0.455. The van der Waals surface area contributed by atoms with E-state index in [4.69, 9.17) is 10.00 Å². The van der Waals surface area contributed by atoms with Crippen LogP contribution in [0.25, 0.3) is 0 Å². The Hall–Kier alpha value is -3.12. The molecule has 9 heteroatoms. The monoisotopic (exact) mass is 425 g/mol. The van der Waals surface area contributed by atoms with Gasteiger partial charge in [0, 0.05) is 25.2 Å². The molecule has 2 atom stereocenters. The average Bonchev–Trinajstić information content (AvgIpc) is 3.53. The summed E-state index contributed by atoms with van der Waals surface area (Å²) in [6.45, 7) is 1.05. The highest BCUT2D eigenvalue weighted by Gasteiger charge is 2.47. The number of halogens is 2. The van der Waals surface area contributed by atoms with Crippen LogP contribution in [0, 0.1) is 23.0 Å². The molecule has 3 fully saturated rings. The predicted octanol–water partition coefficient (Wildman–Crippen LogP) is 2.51. The Bertz CT molecular complexity index is 1040. The Labute approximate surface area is 178 Å². The van der Waals surface area contributed by atoms with Crippen LogP contribution in [-0.4, -0.2) is 52.8 Å². The number of hydrogen-bond donors (Lipinski definition) is 0. The molecule has 1 saturated carbocycles. The Morgan fingerprint density at radius 2 is 1.87 bits per heavy atom. The number of anilines is 1. The normalized spacial score (nSPS) is 23.5. The first kappa shape index (κ1) is 19.8. The van der Waals surface area contributed by atoms with Crippen LogP contribution in [-0.2, 0) is 15.1 Å². The molecule has 1 aliphatic carbocycles. The lowest BCUT2D eigenvalue weighted by molar-refractivity contribution is -0.140. The Balaban J connectivity index is 1.22. The summed E-state index contributed by atoms with van der Waals surface area (Å²) >= 11 is 0. The SMILES string of the molecule is N#Cc1ccc(N2C3CCC2CN(C(=O)COC2(c4ccc(F)c(F)c4)CC2)C3)nn1. The second kappa shape index (κ2) is 7.54. The predicted molar refractivity (Wildman–Crippen MR) is 106 cm³/mol. The van der Waals surface area contributed by atoms with Crippen LogP contribution >= 0.6 is 0 Å². The van der Waals surface area contributed by atoms with E-state index in [0.29, 0.717) is 31.5 Å². The molecular weight excluding hydrogens is 404 g/mol. The van der Waals surface area contributed by atoms with Crippen molar-refractivity contribution < 1.29 is 18.3 Å². The average molecular weight is 425 g/mol. The molecule has 31 heavy (non-hydrogen) atoms. The van der Waals surface area contributed by atoms with E-state index in [1.165, 1.54) is 6.07 Å². The highest BCUT2D eigenvalue weighted by atomic mass is 19.2. The number of fused-ring (bicyclic) bond motifs is 2. The lowest BCUT2D eigenvalue weighted by Crippen LogP contribution is -2.56. The second-order valence-electron chi connectivity index (χ2n) is 8.39. The van der Waals surface area contributed by atoms with Gasteiger partial charge in [0.25, 0.3) is 0 Å². The van der Waals surface area contributed by atoms with Crippen LogP contribution in [0.1, 0.15) is 36.9 Å². The zero-order valence-corrected chi connectivity index (χ0v) is 16.8. The minimum Gasteiger partial charge on any atom is -0.360 e. The first-order valence-corrected chi connectivity index (χ1v) is 10.4. The Kier molecular flexibility index (Phi) is 4.82. The first-order valence-electron chi connectivity index (χ1n) is 10.4. The first-order chi connectivity index (χ1) is 15.0. The second-order valence-corrected chi connectivity index (χ2v) is 8.39. The smallest absolute Gasteiger partial charge is 0.248 e. The summed E-state index contributed by atoms with van der Waals surface area (Å²) in [6.07, 6.45) is 3.27. The molecule has 3 heterocycles. The van der Waals surface area contributed by atoms with E-state index in [2.05, 4.69) is 15.1 Å². The van der Waals surface area contributed by atoms with Gasteiger partial charge < -0.3 is 14.5 Å². The third-order valence-electron chi connectivity index (χ3n) is 6.49.